The van der Waals surface area contributed by atoms with E-state index in [0.29, 0.717) is 12.5 Å². The molecule has 0 bridgehead atoms. The quantitative estimate of drug-likeness (QED) is 0.803. The lowest BCUT2D eigenvalue weighted by molar-refractivity contribution is 0.0833. The van der Waals surface area contributed by atoms with Crippen LogP contribution in [0.1, 0.15) is 23.2 Å². The van der Waals surface area contributed by atoms with Gasteiger partial charge in [-0.05, 0) is 25.3 Å². The van der Waals surface area contributed by atoms with Crippen LogP contribution in [-0.4, -0.2) is 42.0 Å². The summed E-state index contributed by atoms with van der Waals surface area (Å²) in [4.78, 5) is 14.2. The molecule has 1 aliphatic heterocycles. The number of hydrogen-bond acceptors (Lipinski definition) is 3. The SMILES string of the molecule is O=C(CN1CCCC(CO)C1)c1ccccc1. The first-order valence-corrected chi connectivity index (χ1v) is 6.21. The van der Waals surface area contributed by atoms with Crippen LogP contribution >= 0.6 is 0 Å². The summed E-state index contributed by atoms with van der Waals surface area (Å²) < 4.78 is 0. The fourth-order valence-corrected chi connectivity index (χ4v) is 2.36. The van der Waals surface area contributed by atoms with Crippen molar-refractivity contribution in [2.24, 2.45) is 5.92 Å². The fourth-order valence-electron chi connectivity index (χ4n) is 2.36. The van der Waals surface area contributed by atoms with E-state index in [4.69, 9.17) is 5.11 Å². The molecule has 0 aliphatic carbocycles. The van der Waals surface area contributed by atoms with E-state index >= 15 is 0 Å². The van der Waals surface area contributed by atoms with E-state index in [9.17, 15) is 4.79 Å². The smallest absolute Gasteiger partial charge is 0.176 e. The second-order valence-electron chi connectivity index (χ2n) is 4.72. The summed E-state index contributed by atoms with van der Waals surface area (Å²) in [6.45, 7) is 2.51. The lowest BCUT2D eigenvalue weighted by atomic mass is 9.98. The maximum atomic E-state index is 12.0. The van der Waals surface area contributed by atoms with E-state index in [0.717, 1.165) is 31.5 Å². The Morgan fingerprint density at radius 2 is 2.12 bits per heavy atom. The normalized spacial score (nSPS) is 21.4. The molecule has 1 saturated heterocycles. The molecule has 1 N–H and O–H groups in total. The van der Waals surface area contributed by atoms with Gasteiger partial charge in [-0.2, -0.15) is 0 Å². The Hall–Kier alpha value is -1.19. The van der Waals surface area contributed by atoms with Gasteiger partial charge in [-0.1, -0.05) is 30.3 Å². The van der Waals surface area contributed by atoms with E-state index in [1.165, 1.54) is 0 Å². The monoisotopic (exact) mass is 233 g/mol. The summed E-state index contributed by atoms with van der Waals surface area (Å²) in [5.41, 5.74) is 0.777. The highest BCUT2D eigenvalue weighted by Crippen LogP contribution is 2.16. The van der Waals surface area contributed by atoms with Gasteiger partial charge in [0, 0.05) is 18.7 Å². The third-order valence-electron chi connectivity index (χ3n) is 3.32. The van der Waals surface area contributed by atoms with Crippen LogP contribution in [0.25, 0.3) is 0 Å². The molecule has 3 heteroatoms. The number of benzene rings is 1. The fraction of sp³-hybridized carbons (Fsp3) is 0.500. The summed E-state index contributed by atoms with van der Waals surface area (Å²) in [6, 6.07) is 9.41. The number of rotatable bonds is 4. The van der Waals surface area contributed by atoms with E-state index < -0.39 is 0 Å². The molecule has 0 saturated carbocycles. The number of ketones is 1. The molecule has 0 radical (unpaired) electrons. The van der Waals surface area contributed by atoms with Gasteiger partial charge in [0.2, 0.25) is 0 Å². The minimum Gasteiger partial charge on any atom is -0.396 e. The average molecular weight is 233 g/mol. The molecule has 3 nitrogen and oxygen atoms in total. The summed E-state index contributed by atoms with van der Waals surface area (Å²) in [5.74, 6) is 0.511. The second-order valence-corrected chi connectivity index (χ2v) is 4.72. The molecule has 17 heavy (non-hydrogen) atoms. The first-order valence-electron chi connectivity index (χ1n) is 6.21. The second kappa shape index (κ2) is 5.94. The molecule has 92 valence electrons. The predicted octanol–water partition coefficient (Wildman–Crippen LogP) is 1.57. The molecule has 0 aromatic heterocycles. The number of aliphatic hydroxyl groups excluding tert-OH is 1. The molecule has 1 fully saturated rings. The third-order valence-corrected chi connectivity index (χ3v) is 3.32. The van der Waals surface area contributed by atoms with Gasteiger partial charge in [-0.25, -0.2) is 0 Å². The Morgan fingerprint density at radius 3 is 2.82 bits per heavy atom. The lowest BCUT2D eigenvalue weighted by Crippen LogP contribution is -2.39. The Kier molecular flexibility index (Phi) is 4.29. The molecule has 2 rings (SSSR count). The number of likely N-dealkylation sites (tertiary alicyclic amines) is 1. The zero-order valence-corrected chi connectivity index (χ0v) is 10.0. The van der Waals surface area contributed by atoms with Crippen molar-refractivity contribution in [2.45, 2.75) is 12.8 Å². The first kappa shape index (κ1) is 12.3. The van der Waals surface area contributed by atoms with Crippen LogP contribution in [0.5, 0.6) is 0 Å². The van der Waals surface area contributed by atoms with Gasteiger partial charge in [-0.15, -0.1) is 0 Å². The van der Waals surface area contributed by atoms with Gasteiger partial charge >= 0.3 is 0 Å². The van der Waals surface area contributed by atoms with Crippen LogP contribution in [0, 0.1) is 5.92 Å². The van der Waals surface area contributed by atoms with Gasteiger partial charge in [0.05, 0.1) is 6.54 Å². The summed E-state index contributed by atoms with van der Waals surface area (Å²) in [7, 11) is 0. The summed E-state index contributed by atoms with van der Waals surface area (Å²) in [5, 5.41) is 9.15. The van der Waals surface area contributed by atoms with Crippen molar-refractivity contribution >= 4 is 5.78 Å². The van der Waals surface area contributed by atoms with Crippen molar-refractivity contribution in [3.63, 3.8) is 0 Å². The van der Waals surface area contributed by atoms with Crippen LogP contribution in [0.15, 0.2) is 30.3 Å². The zero-order valence-electron chi connectivity index (χ0n) is 10.0. The summed E-state index contributed by atoms with van der Waals surface area (Å²) >= 11 is 0. The van der Waals surface area contributed by atoms with Gasteiger partial charge in [0.15, 0.2) is 5.78 Å². The van der Waals surface area contributed by atoms with E-state index in [-0.39, 0.29) is 12.4 Å². The summed E-state index contributed by atoms with van der Waals surface area (Å²) in [6.07, 6.45) is 2.15. The van der Waals surface area contributed by atoms with Crippen LogP contribution in [0.2, 0.25) is 0 Å². The topological polar surface area (TPSA) is 40.5 Å². The molecular weight excluding hydrogens is 214 g/mol. The number of aliphatic hydroxyl groups is 1. The van der Waals surface area contributed by atoms with Crippen molar-refractivity contribution in [1.82, 2.24) is 4.90 Å². The average Bonchev–Trinajstić information content (AvgIpc) is 2.40. The van der Waals surface area contributed by atoms with Crippen molar-refractivity contribution < 1.29 is 9.90 Å². The van der Waals surface area contributed by atoms with Gasteiger partial charge in [0.25, 0.3) is 0 Å². The Morgan fingerprint density at radius 1 is 1.35 bits per heavy atom. The Labute approximate surface area is 102 Å². The number of carbonyl (C=O) groups excluding carboxylic acids is 1. The molecule has 1 aromatic carbocycles. The number of Topliss-reactive ketones (excluding diaryl/α,β-unsaturated/α-hetero) is 1. The van der Waals surface area contributed by atoms with Gasteiger partial charge in [-0.3, -0.25) is 9.69 Å². The van der Waals surface area contributed by atoms with Crippen LogP contribution in [0.4, 0.5) is 0 Å². The largest absolute Gasteiger partial charge is 0.396 e. The standard InChI is InChI=1S/C14H19NO2/c16-11-12-5-4-8-15(9-12)10-14(17)13-6-2-1-3-7-13/h1-3,6-7,12,16H,4-5,8-11H2. The molecule has 0 spiro atoms. The van der Waals surface area contributed by atoms with Crippen LogP contribution < -0.4 is 0 Å². The minimum atomic E-state index is 0.171. The van der Waals surface area contributed by atoms with E-state index in [1.54, 1.807) is 0 Å². The van der Waals surface area contributed by atoms with E-state index in [1.807, 2.05) is 30.3 Å². The van der Waals surface area contributed by atoms with Gasteiger partial charge < -0.3 is 5.11 Å². The van der Waals surface area contributed by atoms with Crippen molar-refractivity contribution in [3.05, 3.63) is 35.9 Å². The Bertz CT molecular complexity index is 364. The predicted molar refractivity (Wildman–Crippen MR) is 67.0 cm³/mol. The van der Waals surface area contributed by atoms with Crippen molar-refractivity contribution in [2.75, 3.05) is 26.2 Å². The molecule has 1 heterocycles. The number of nitrogens with zero attached hydrogens (tertiary/aromatic N) is 1. The van der Waals surface area contributed by atoms with Crippen molar-refractivity contribution in [1.29, 1.82) is 0 Å². The van der Waals surface area contributed by atoms with Crippen molar-refractivity contribution in [3.8, 4) is 0 Å². The highest BCUT2D eigenvalue weighted by atomic mass is 16.3. The van der Waals surface area contributed by atoms with Gasteiger partial charge in [0.1, 0.15) is 0 Å². The maximum absolute atomic E-state index is 12.0. The van der Waals surface area contributed by atoms with Crippen LogP contribution in [-0.2, 0) is 0 Å². The number of piperidine rings is 1. The maximum Gasteiger partial charge on any atom is 0.176 e. The Balaban J connectivity index is 1.90. The minimum absolute atomic E-state index is 0.171. The zero-order chi connectivity index (χ0) is 12.1. The van der Waals surface area contributed by atoms with E-state index in [2.05, 4.69) is 4.90 Å². The molecule has 1 aromatic rings. The highest BCUT2D eigenvalue weighted by Gasteiger charge is 2.21. The number of hydrogen-bond donors (Lipinski definition) is 1. The molecule has 1 aliphatic rings. The number of carbonyl (C=O) groups is 1. The molecule has 1 unspecified atom stereocenters. The highest BCUT2D eigenvalue weighted by molar-refractivity contribution is 5.97. The third kappa shape index (κ3) is 3.38. The first-order chi connectivity index (χ1) is 8.29. The lowest BCUT2D eigenvalue weighted by Gasteiger charge is -2.31. The molecule has 1 atom stereocenters. The molecule has 0 amide bonds. The molecular formula is C14H19NO2. The van der Waals surface area contributed by atoms with Crippen LogP contribution in [0.3, 0.4) is 0 Å².